The van der Waals surface area contributed by atoms with Crippen LogP contribution in [-0.2, 0) is 9.47 Å². The van der Waals surface area contributed by atoms with Crippen LogP contribution in [0.2, 0.25) is 0 Å². The Bertz CT molecular complexity index is 716. The van der Waals surface area contributed by atoms with Crippen molar-refractivity contribution in [3.05, 3.63) is 57.0 Å². The number of aliphatic hydroxyl groups is 2. The minimum absolute atomic E-state index is 0.0609. The number of aromatic nitrogens is 2. The first-order valence-corrected chi connectivity index (χ1v) is 10.1. The van der Waals surface area contributed by atoms with Crippen molar-refractivity contribution >= 4 is 31.9 Å². The highest BCUT2D eigenvalue weighted by atomic mass is 79.9. The molecule has 0 amide bonds. The van der Waals surface area contributed by atoms with Gasteiger partial charge in [0.15, 0.2) is 5.79 Å². The van der Waals surface area contributed by atoms with Gasteiger partial charge in [-0.3, -0.25) is 9.97 Å². The molecule has 1 fully saturated rings. The van der Waals surface area contributed by atoms with Gasteiger partial charge in [0.05, 0.1) is 26.4 Å². The molecule has 8 heteroatoms. The third-order valence-electron chi connectivity index (χ3n) is 4.10. The molecule has 2 N–H and O–H groups in total. The molecule has 0 radical (unpaired) electrons. The molecule has 0 spiro atoms. The van der Waals surface area contributed by atoms with Gasteiger partial charge in [-0.15, -0.1) is 0 Å². The maximum absolute atomic E-state index is 8.87. The van der Waals surface area contributed by atoms with Crippen LogP contribution in [0.1, 0.15) is 36.8 Å². The summed E-state index contributed by atoms with van der Waals surface area (Å²) < 4.78 is 13.1. The fourth-order valence-electron chi connectivity index (χ4n) is 2.46. The van der Waals surface area contributed by atoms with Gasteiger partial charge in [0.2, 0.25) is 0 Å². The number of halogens is 2. The zero-order chi connectivity index (χ0) is 19.9. The average Bonchev–Trinajstić information content (AvgIpc) is 2.63. The Morgan fingerprint density at radius 3 is 2.07 bits per heavy atom. The molecule has 0 atom stereocenters. The Kier molecular flexibility index (Phi) is 8.78. The first kappa shape index (κ1) is 22.4. The molecule has 6 nitrogen and oxygen atoms in total. The Balaban J connectivity index is 0.000000199. The summed E-state index contributed by atoms with van der Waals surface area (Å²) in [5, 5.41) is 17.7. The largest absolute Gasteiger partial charge is 0.396 e. The molecule has 0 aliphatic carbocycles. The van der Waals surface area contributed by atoms with Gasteiger partial charge in [-0.25, -0.2) is 0 Å². The molecular formula is C19H24Br2N2O4. The second kappa shape index (κ2) is 10.6. The molecule has 0 aromatic carbocycles. The lowest BCUT2D eigenvalue weighted by atomic mass is 10.0. The van der Waals surface area contributed by atoms with E-state index in [0.29, 0.717) is 13.2 Å². The zero-order valence-electron chi connectivity index (χ0n) is 15.3. The lowest BCUT2D eigenvalue weighted by Crippen LogP contribution is -2.38. The topological polar surface area (TPSA) is 84.7 Å². The third-order valence-corrected chi connectivity index (χ3v) is 4.97. The summed E-state index contributed by atoms with van der Waals surface area (Å²) in [7, 11) is 0. The Morgan fingerprint density at radius 2 is 1.56 bits per heavy atom. The predicted molar refractivity (Wildman–Crippen MR) is 110 cm³/mol. The number of hydrogen-bond donors (Lipinski definition) is 2. The number of nitrogens with zero attached hydrogens (tertiary/aromatic N) is 2. The van der Waals surface area contributed by atoms with Gasteiger partial charge in [-0.05, 0) is 69.0 Å². The molecular weight excluding hydrogens is 480 g/mol. The van der Waals surface area contributed by atoms with Crippen LogP contribution in [0.4, 0.5) is 0 Å². The van der Waals surface area contributed by atoms with E-state index in [1.54, 1.807) is 18.6 Å². The van der Waals surface area contributed by atoms with Gasteiger partial charge < -0.3 is 19.7 Å². The molecule has 0 bridgehead atoms. The van der Waals surface area contributed by atoms with Crippen molar-refractivity contribution in [1.82, 2.24) is 9.97 Å². The van der Waals surface area contributed by atoms with Crippen molar-refractivity contribution in [2.75, 3.05) is 26.4 Å². The molecule has 0 saturated carbocycles. The molecule has 148 valence electrons. The summed E-state index contributed by atoms with van der Waals surface area (Å²) in [4.78, 5) is 8.07. The van der Waals surface area contributed by atoms with Crippen molar-refractivity contribution in [2.24, 2.45) is 0 Å². The van der Waals surface area contributed by atoms with Crippen LogP contribution in [0.3, 0.4) is 0 Å². The van der Waals surface area contributed by atoms with Crippen molar-refractivity contribution in [2.45, 2.75) is 31.5 Å². The zero-order valence-corrected chi connectivity index (χ0v) is 18.5. The maximum Gasteiger partial charge on any atom is 0.162 e. The smallest absolute Gasteiger partial charge is 0.162 e. The number of aliphatic hydroxyl groups excluding tert-OH is 2. The lowest BCUT2D eigenvalue weighted by molar-refractivity contribution is -0.251. The summed E-state index contributed by atoms with van der Waals surface area (Å²) >= 11 is 6.67. The van der Waals surface area contributed by atoms with Crippen LogP contribution < -0.4 is 0 Å². The van der Waals surface area contributed by atoms with E-state index in [-0.39, 0.29) is 25.0 Å². The average molecular weight is 504 g/mol. The molecule has 1 saturated heterocycles. The maximum atomic E-state index is 8.87. The minimum Gasteiger partial charge on any atom is -0.396 e. The van der Waals surface area contributed by atoms with E-state index in [9.17, 15) is 0 Å². The second-order valence-corrected chi connectivity index (χ2v) is 8.49. The van der Waals surface area contributed by atoms with Gasteiger partial charge >= 0.3 is 0 Å². The van der Waals surface area contributed by atoms with Crippen LogP contribution in [0.5, 0.6) is 0 Å². The van der Waals surface area contributed by atoms with Gasteiger partial charge in [0, 0.05) is 45.6 Å². The van der Waals surface area contributed by atoms with Gasteiger partial charge in [-0.1, -0.05) is 0 Å². The van der Waals surface area contributed by atoms with Gasteiger partial charge in [0.1, 0.15) is 0 Å². The van der Waals surface area contributed by atoms with E-state index < -0.39 is 5.79 Å². The summed E-state index contributed by atoms with van der Waals surface area (Å²) in [5.74, 6) is -0.395. The minimum atomic E-state index is -0.448. The first-order valence-electron chi connectivity index (χ1n) is 8.55. The molecule has 3 rings (SSSR count). The highest BCUT2D eigenvalue weighted by Crippen LogP contribution is 2.28. The molecule has 27 heavy (non-hydrogen) atoms. The van der Waals surface area contributed by atoms with Gasteiger partial charge in [-0.2, -0.15) is 0 Å². The van der Waals surface area contributed by atoms with Crippen LogP contribution in [-0.4, -0.2) is 52.4 Å². The fourth-order valence-corrected chi connectivity index (χ4v) is 3.22. The third kappa shape index (κ3) is 7.21. The van der Waals surface area contributed by atoms with Crippen LogP contribution in [0.25, 0.3) is 0 Å². The number of pyridine rings is 2. The molecule has 1 aliphatic rings. The SMILES string of the molecule is CC1(C)OCC(c2cncc(Br)c2)CO1.OCC(CO)c1cncc(Br)c1. The van der Waals surface area contributed by atoms with Crippen molar-refractivity contribution in [1.29, 1.82) is 0 Å². The van der Waals surface area contributed by atoms with E-state index in [0.717, 1.165) is 20.1 Å². The quantitative estimate of drug-likeness (QED) is 0.662. The van der Waals surface area contributed by atoms with E-state index >= 15 is 0 Å². The summed E-state index contributed by atoms with van der Waals surface area (Å²) in [6, 6.07) is 3.90. The molecule has 0 unspecified atom stereocenters. The second-order valence-electron chi connectivity index (χ2n) is 6.65. The van der Waals surface area contributed by atoms with Crippen molar-refractivity contribution < 1.29 is 19.7 Å². The number of ether oxygens (including phenoxy) is 2. The lowest BCUT2D eigenvalue weighted by Gasteiger charge is -2.35. The highest BCUT2D eigenvalue weighted by molar-refractivity contribution is 9.10. The van der Waals surface area contributed by atoms with E-state index in [4.69, 9.17) is 19.7 Å². The van der Waals surface area contributed by atoms with Gasteiger partial charge in [0.25, 0.3) is 0 Å². The fraction of sp³-hybridized carbons (Fsp3) is 0.474. The Morgan fingerprint density at radius 1 is 1.00 bits per heavy atom. The van der Waals surface area contributed by atoms with E-state index in [2.05, 4.69) is 47.9 Å². The Hall–Kier alpha value is -0.900. The molecule has 2 aromatic heterocycles. The Labute approximate surface area is 176 Å². The highest BCUT2D eigenvalue weighted by Gasteiger charge is 2.29. The normalized spacial score (nSPS) is 16.7. The number of hydrogen-bond acceptors (Lipinski definition) is 6. The molecule has 1 aliphatic heterocycles. The van der Waals surface area contributed by atoms with Crippen LogP contribution in [0.15, 0.2) is 45.9 Å². The summed E-state index contributed by atoms with van der Waals surface area (Å²) in [5.41, 5.74) is 1.99. The van der Waals surface area contributed by atoms with Crippen molar-refractivity contribution in [3.8, 4) is 0 Å². The standard InChI is InChI=1S/C11H14BrNO2.C8H10BrNO2/c1-11(2)14-6-9(7-15-11)8-3-10(12)5-13-4-8;9-8-1-6(2-10-3-8)7(4-11)5-12/h3-5,9H,6-7H2,1-2H3;1-3,7,11-12H,4-5H2. The summed E-state index contributed by atoms with van der Waals surface area (Å²) in [6.45, 7) is 5.12. The van der Waals surface area contributed by atoms with E-state index in [1.807, 2.05) is 26.1 Å². The monoisotopic (exact) mass is 502 g/mol. The van der Waals surface area contributed by atoms with E-state index in [1.165, 1.54) is 0 Å². The van der Waals surface area contributed by atoms with Crippen molar-refractivity contribution in [3.63, 3.8) is 0 Å². The molecule has 2 aromatic rings. The summed E-state index contributed by atoms with van der Waals surface area (Å²) in [6.07, 6.45) is 6.94. The number of rotatable bonds is 4. The first-order chi connectivity index (χ1) is 12.8. The van der Waals surface area contributed by atoms with Crippen LogP contribution >= 0.6 is 31.9 Å². The molecule has 3 heterocycles. The predicted octanol–water partition coefficient (Wildman–Crippen LogP) is 3.62. The van der Waals surface area contributed by atoms with Crippen LogP contribution in [0, 0.1) is 0 Å².